The third-order valence-electron chi connectivity index (χ3n) is 4.69. The molecule has 6 nitrogen and oxygen atoms in total. The second-order valence-electron chi connectivity index (χ2n) is 6.88. The lowest BCUT2D eigenvalue weighted by atomic mass is 10.1. The van der Waals surface area contributed by atoms with Gasteiger partial charge in [0.2, 0.25) is 0 Å². The Kier molecular flexibility index (Phi) is 5.93. The number of H-pyrrole nitrogens is 1. The number of anilines is 1. The number of Topliss-reactive ketones (excluding diaryl/α,β-unsaturated/α-hetero) is 1. The van der Waals surface area contributed by atoms with Gasteiger partial charge in [0.25, 0.3) is 11.8 Å². The highest BCUT2D eigenvalue weighted by Crippen LogP contribution is 2.18. The monoisotopic (exact) mass is 389 g/mol. The van der Waals surface area contributed by atoms with E-state index in [1.54, 1.807) is 32.0 Å². The standard InChI is InChI=1S/C23H23N3O3/c1-14-20(16(3)27)15(2)25-21(14)23(29)24-13-17-8-7-9-18(12-17)22(28)26-19-10-5-4-6-11-19/h4-12,25H,13H2,1-3H3,(H,24,29)(H,26,28). The lowest BCUT2D eigenvalue weighted by Gasteiger charge is -2.08. The lowest BCUT2D eigenvalue weighted by Crippen LogP contribution is -2.24. The van der Waals surface area contributed by atoms with Crippen molar-refractivity contribution in [1.82, 2.24) is 10.3 Å². The van der Waals surface area contributed by atoms with Gasteiger partial charge in [0.05, 0.1) is 0 Å². The molecule has 0 spiro atoms. The predicted molar refractivity (Wildman–Crippen MR) is 112 cm³/mol. The van der Waals surface area contributed by atoms with Gasteiger partial charge in [-0.2, -0.15) is 0 Å². The Labute approximate surface area is 169 Å². The summed E-state index contributed by atoms with van der Waals surface area (Å²) >= 11 is 0. The first-order valence-corrected chi connectivity index (χ1v) is 9.30. The summed E-state index contributed by atoms with van der Waals surface area (Å²) < 4.78 is 0. The Hall–Kier alpha value is -3.67. The number of hydrogen-bond acceptors (Lipinski definition) is 3. The zero-order valence-electron chi connectivity index (χ0n) is 16.6. The van der Waals surface area contributed by atoms with E-state index in [0.717, 1.165) is 11.3 Å². The summed E-state index contributed by atoms with van der Waals surface area (Å²) in [7, 11) is 0. The van der Waals surface area contributed by atoms with Crippen molar-refractivity contribution in [3.63, 3.8) is 0 Å². The quantitative estimate of drug-likeness (QED) is 0.556. The number of aryl methyl sites for hydroxylation is 1. The highest BCUT2D eigenvalue weighted by molar-refractivity contribution is 6.04. The van der Waals surface area contributed by atoms with Crippen LogP contribution in [0, 0.1) is 13.8 Å². The molecule has 1 aromatic heterocycles. The second kappa shape index (κ2) is 8.56. The van der Waals surface area contributed by atoms with Crippen LogP contribution in [0.1, 0.15) is 54.9 Å². The molecule has 148 valence electrons. The fraction of sp³-hybridized carbons (Fsp3) is 0.174. The zero-order chi connectivity index (χ0) is 21.0. The molecule has 29 heavy (non-hydrogen) atoms. The number of nitrogens with one attached hydrogen (secondary N) is 3. The molecule has 3 aromatic rings. The SMILES string of the molecule is CC(=O)c1c(C)[nH]c(C(=O)NCc2cccc(C(=O)Nc3ccccc3)c2)c1C. The van der Waals surface area contributed by atoms with Crippen molar-refractivity contribution < 1.29 is 14.4 Å². The van der Waals surface area contributed by atoms with Crippen LogP contribution in [0.2, 0.25) is 0 Å². The number of hydrogen-bond donors (Lipinski definition) is 3. The second-order valence-corrected chi connectivity index (χ2v) is 6.88. The van der Waals surface area contributed by atoms with Crippen LogP contribution in [0.4, 0.5) is 5.69 Å². The lowest BCUT2D eigenvalue weighted by molar-refractivity contribution is 0.0945. The number of amides is 2. The van der Waals surface area contributed by atoms with Gasteiger partial charge in [0, 0.05) is 29.1 Å². The van der Waals surface area contributed by atoms with Crippen LogP contribution in [-0.4, -0.2) is 22.6 Å². The highest BCUT2D eigenvalue weighted by atomic mass is 16.2. The van der Waals surface area contributed by atoms with E-state index in [4.69, 9.17) is 0 Å². The fourth-order valence-electron chi connectivity index (χ4n) is 3.32. The van der Waals surface area contributed by atoms with Crippen LogP contribution >= 0.6 is 0 Å². The molecule has 0 saturated heterocycles. The summed E-state index contributed by atoms with van der Waals surface area (Å²) in [5, 5.41) is 5.68. The third-order valence-corrected chi connectivity index (χ3v) is 4.69. The maximum atomic E-state index is 12.6. The molecule has 3 N–H and O–H groups in total. The van der Waals surface area contributed by atoms with Crippen LogP contribution in [0.5, 0.6) is 0 Å². The van der Waals surface area contributed by atoms with Crippen molar-refractivity contribution in [2.75, 3.05) is 5.32 Å². The number of para-hydroxylation sites is 1. The van der Waals surface area contributed by atoms with E-state index in [2.05, 4.69) is 15.6 Å². The van der Waals surface area contributed by atoms with Gasteiger partial charge in [-0.1, -0.05) is 30.3 Å². The minimum absolute atomic E-state index is 0.0765. The molecule has 0 aliphatic carbocycles. The van der Waals surface area contributed by atoms with Crippen molar-refractivity contribution in [2.45, 2.75) is 27.3 Å². The number of carbonyl (C=O) groups excluding carboxylic acids is 3. The van der Waals surface area contributed by atoms with E-state index in [0.29, 0.717) is 28.1 Å². The largest absolute Gasteiger partial charge is 0.354 e. The van der Waals surface area contributed by atoms with E-state index >= 15 is 0 Å². The Balaban J connectivity index is 1.68. The molecule has 0 fully saturated rings. The van der Waals surface area contributed by atoms with Crippen LogP contribution < -0.4 is 10.6 Å². The number of rotatable bonds is 6. The van der Waals surface area contributed by atoms with Gasteiger partial charge < -0.3 is 15.6 Å². The predicted octanol–water partition coefficient (Wildman–Crippen LogP) is 4.02. The van der Waals surface area contributed by atoms with Gasteiger partial charge in [-0.25, -0.2) is 0 Å². The maximum Gasteiger partial charge on any atom is 0.268 e. The molecule has 2 amide bonds. The summed E-state index contributed by atoms with van der Waals surface area (Å²) in [5.74, 6) is -0.587. The summed E-state index contributed by atoms with van der Waals surface area (Å²) in [6.45, 7) is 5.27. The summed E-state index contributed by atoms with van der Waals surface area (Å²) in [6.07, 6.45) is 0. The van der Waals surface area contributed by atoms with Crippen molar-refractivity contribution >= 4 is 23.3 Å². The normalized spacial score (nSPS) is 10.4. The van der Waals surface area contributed by atoms with E-state index < -0.39 is 0 Å². The maximum absolute atomic E-state index is 12.6. The smallest absolute Gasteiger partial charge is 0.268 e. The van der Waals surface area contributed by atoms with Gasteiger partial charge >= 0.3 is 0 Å². The first kappa shape index (κ1) is 20.1. The van der Waals surface area contributed by atoms with E-state index in [-0.39, 0.29) is 24.1 Å². The van der Waals surface area contributed by atoms with E-state index in [1.807, 2.05) is 36.4 Å². The molecule has 0 aliphatic heterocycles. The summed E-state index contributed by atoms with van der Waals surface area (Å²) in [5.41, 5.74) is 4.27. The average molecular weight is 389 g/mol. The van der Waals surface area contributed by atoms with Crippen molar-refractivity contribution in [2.24, 2.45) is 0 Å². The number of aromatic nitrogens is 1. The Morgan fingerprint density at radius 2 is 1.66 bits per heavy atom. The van der Waals surface area contributed by atoms with Crippen molar-refractivity contribution in [1.29, 1.82) is 0 Å². The fourth-order valence-corrected chi connectivity index (χ4v) is 3.32. The molecule has 0 atom stereocenters. The molecule has 6 heteroatoms. The van der Waals surface area contributed by atoms with E-state index in [9.17, 15) is 14.4 Å². The molecule has 0 radical (unpaired) electrons. The highest BCUT2D eigenvalue weighted by Gasteiger charge is 2.19. The molecule has 0 bridgehead atoms. The number of aromatic amines is 1. The molecule has 0 aliphatic rings. The van der Waals surface area contributed by atoms with Gasteiger partial charge in [-0.15, -0.1) is 0 Å². The van der Waals surface area contributed by atoms with Crippen LogP contribution in [0.15, 0.2) is 54.6 Å². The minimum Gasteiger partial charge on any atom is -0.354 e. The first-order chi connectivity index (χ1) is 13.9. The average Bonchev–Trinajstić information content (AvgIpc) is 3.01. The number of carbonyl (C=O) groups is 3. The van der Waals surface area contributed by atoms with Crippen molar-refractivity contribution in [3.8, 4) is 0 Å². The van der Waals surface area contributed by atoms with Gasteiger partial charge in [-0.05, 0) is 56.2 Å². The Bertz CT molecular complexity index is 1070. The molecular weight excluding hydrogens is 366 g/mol. The van der Waals surface area contributed by atoms with Crippen LogP contribution in [0.3, 0.4) is 0 Å². The van der Waals surface area contributed by atoms with Crippen LogP contribution in [-0.2, 0) is 6.54 Å². The van der Waals surface area contributed by atoms with Crippen LogP contribution in [0.25, 0.3) is 0 Å². The molecular formula is C23H23N3O3. The number of ketones is 1. The van der Waals surface area contributed by atoms with Gasteiger partial charge in [0.1, 0.15) is 5.69 Å². The molecule has 2 aromatic carbocycles. The molecule has 1 heterocycles. The molecule has 3 rings (SSSR count). The summed E-state index contributed by atoms with van der Waals surface area (Å²) in [4.78, 5) is 39.7. The third kappa shape index (κ3) is 4.60. The summed E-state index contributed by atoms with van der Waals surface area (Å²) in [6, 6.07) is 16.3. The van der Waals surface area contributed by atoms with Crippen molar-refractivity contribution in [3.05, 3.63) is 88.2 Å². The Morgan fingerprint density at radius 1 is 0.931 bits per heavy atom. The molecule has 0 unspecified atom stereocenters. The van der Waals surface area contributed by atoms with Gasteiger partial charge in [-0.3, -0.25) is 14.4 Å². The van der Waals surface area contributed by atoms with E-state index in [1.165, 1.54) is 6.92 Å². The topological polar surface area (TPSA) is 91.1 Å². The molecule has 0 saturated carbocycles. The van der Waals surface area contributed by atoms with Gasteiger partial charge in [0.15, 0.2) is 5.78 Å². The zero-order valence-corrected chi connectivity index (χ0v) is 16.6. The Morgan fingerprint density at radius 3 is 2.31 bits per heavy atom. The minimum atomic E-state index is -0.294. The number of benzene rings is 2. The first-order valence-electron chi connectivity index (χ1n) is 9.30.